The Hall–Kier alpha value is -0.930. The largest absolute Gasteiger partial charge is 0.316 e. The van der Waals surface area contributed by atoms with Crippen molar-refractivity contribution in [3.63, 3.8) is 0 Å². The van der Waals surface area contributed by atoms with Crippen LogP contribution < -0.4 is 5.32 Å². The Morgan fingerprint density at radius 3 is 2.88 bits per heavy atom. The molecule has 0 amide bonds. The summed E-state index contributed by atoms with van der Waals surface area (Å²) in [6.07, 6.45) is 0.0962. The molecule has 0 aliphatic heterocycles. The maximum atomic E-state index is 13.6. The molecule has 1 atom stereocenters. The zero-order valence-electron chi connectivity index (χ0n) is 10.1. The Morgan fingerprint density at radius 1 is 1.53 bits per heavy atom. The number of hydrogen-bond acceptors (Lipinski definition) is 2. The van der Waals surface area contributed by atoms with Gasteiger partial charge in [0.2, 0.25) is 0 Å². The third-order valence-electron chi connectivity index (χ3n) is 2.65. The van der Waals surface area contributed by atoms with Gasteiger partial charge in [-0.2, -0.15) is 0 Å². The van der Waals surface area contributed by atoms with E-state index < -0.39 is 5.82 Å². The molecule has 0 fully saturated rings. The van der Waals surface area contributed by atoms with E-state index in [1.54, 1.807) is 12.1 Å². The van der Waals surface area contributed by atoms with E-state index in [-0.39, 0.29) is 23.1 Å². The lowest BCUT2D eigenvalue weighted by Gasteiger charge is -2.11. The van der Waals surface area contributed by atoms with E-state index in [1.807, 2.05) is 13.8 Å². The predicted octanol–water partition coefficient (Wildman–Crippen LogP) is 2.84. The standard InChI is InChI=1S/C13H17ClFNO/c1-3-16-8-9(2)12(17)7-10-5-4-6-11(14)13(10)15/h4-6,9,16H,3,7-8H2,1-2H3. The van der Waals surface area contributed by atoms with Gasteiger partial charge in [-0.15, -0.1) is 0 Å². The first-order valence-electron chi connectivity index (χ1n) is 5.72. The molecule has 1 unspecified atom stereocenters. The summed E-state index contributed by atoms with van der Waals surface area (Å²) in [7, 11) is 0. The molecule has 0 radical (unpaired) electrons. The van der Waals surface area contributed by atoms with Crippen LogP contribution in [0, 0.1) is 11.7 Å². The molecule has 17 heavy (non-hydrogen) atoms. The minimum atomic E-state index is -0.488. The maximum absolute atomic E-state index is 13.6. The van der Waals surface area contributed by atoms with E-state index in [0.29, 0.717) is 12.1 Å². The van der Waals surface area contributed by atoms with Crippen molar-refractivity contribution in [2.75, 3.05) is 13.1 Å². The number of halogens is 2. The summed E-state index contributed by atoms with van der Waals surface area (Å²) in [5, 5.41) is 3.16. The Balaban J connectivity index is 2.64. The fourth-order valence-corrected chi connectivity index (χ4v) is 1.72. The number of carbonyl (C=O) groups is 1. The Kier molecular flexibility index (Phi) is 5.59. The molecule has 4 heteroatoms. The Labute approximate surface area is 106 Å². The van der Waals surface area contributed by atoms with E-state index >= 15 is 0 Å². The lowest BCUT2D eigenvalue weighted by molar-refractivity contribution is -0.121. The highest BCUT2D eigenvalue weighted by Gasteiger charge is 2.15. The third-order valence-corrected chi connectivity index (χ3v) is 2.94. The van der Waals surface area contributed by atoms with E-state index in [2.05, 4.69) is 5.32 Å². The van der Waals surface area contributed by atoms with Crippen LogP contribution in [0.1, 0.15) is 19.4 Å². The summed E-state index contributed by atoms with van der Waals surface area (Å²) in [5.74, 6) is -0.585. The van der Waals surface area contributed by atoms with Crippen molar-refractivity contribution in [2.24, 2.45) is 5.92 Å². The van der Waals surface area contributed by atoms with Gasteiger partial charge in [0.25, 0.3) is 0 Å². The Morgan fingerprint density at radius 2 is 2.24 bits per heavy atom. The number of hydrogen-bond donors (Lipinski definition) is 1. The summed E-state index contributed by atoms with van der Waals surface area (Å²) in [6, 6.07) is 4.73. The molecule has 94 valence electrons. The van der Waals surface area contributed by atoms with Gasteiger partial charge in [0.1, 0.15) is 11.6 Å². The van der Waals surface area contributed by atoms with Crippen LogP contribution in [0.4, 0.5) is 4.39 Å². The highest BCUT2D eigenvalue weighted by molar-refractivity contribution is 6.30. The number of nitrogens with one attached hydrogen (secondary N) is 1. The fourth-order valence-electron chi connectivity index (χ4n) is 1.52. The number of ketones is 1. The van der Waals surface area contributed by atoms with Gasteiger partial charge in [-0.1, -0.05) is 37.6 Å². The topological polar surface area (TPSA) is 29.1 Å². The summed E-state index contributed by atoms with van der Waals surface area (Å²) >= 11 is 5.66. The first kappa shape index (κ1) is 14.1. The van der Waals surface area contributed by atoms with Gasteiger partial charge in [-0.05, 0) is 18.2 Å². The average Bonchev–Trinajstić information content (AvgIpc) is 2.31. The molecule has 2 nitrogen and oxygen atoms in total. The van der Waals surface area contributed by atoms with Crippen molar-refractivity contribution >= 4 is 17.4 Å². The molecule has 0 aliphatic carbocycles. The Bertz CT molecular complexity index is 395. The van der Waals surface area contributed by atoms with Gasteiger partial charge in [0.05, 0.1) is 5.02 Å². The normalized spacial score (nSPS) is 12.5. The van der Waals surface area contributed by atoms with Crippen LogP contribution in [0.25, 0.3) is 0 Å². The predicted molar refractivity (Wildman–Crippen MR) is 67.8 cm³/mol. The summed E-state index contributed by atoms with van der Waals surface area (Å²) in [5.41, 5.74) is 0.367. The van der Waals surface area contributed by atoms with Gasteiger partial charge in [0, 0.05) is 18.9 Å². The summed E-state index contributed by atoms with van der Waals surface area (Å²) in [4.78, 5) is 11.8. The maximum Gasteiger partial charge on any atom is 0.145 e. The molecule has 0 bridgehead atoms. The molecule has 0 spiro atoms. The minimum Gasteiger partial charge on any atom is -0.316 e. The molecule has 0 saturated heterocycles. The molecule has 0 aromatic heterocycles. The van der Waals surface area contributed by atoms with Gasteiger partial charge in [0.15, 0.2) is 0 Å². The molecule has 0 aliphatic rings. The third kappa shape index (κ3) is 4.10. The van der Waals surface area contributed by atoms with Crippen molar-refractivity contribution in [1.82, 2.24) is 5.32 Å². The second kappa shape index (κ2) is 6.72. The number of Topliss-reactive ketones (excluding diaryl/α,β-unsaturated/α-hetero) is 1. The van der Waals surface area contributed by atoms with Crippen LogP contribution in [0.3, 0.4) is 0 Å². The smallest absolute Gasteiger partial charge is 0.145 e. The van der Waals surface area contributed by atoms with Crippen molar-refractivity contribution < 1.29 is 9.18 Å². The van der Waals surface area contributed by atoms with Crippen LogP contribution in [0.2, 0.25) is 5.02 Å². The van der Waals surface area contributed by atoms with E-state index in [4.69, 9.17) is 11.6 Å². The highest BCUT2D eigenvalue weighted by atomic mass is 35.5. The highest BCUT2D eigenvalue weighted by Crippen LogP contribution is 2.19. The van der Waals surface area contributed by atoms with Crippen molar-refractivity contribution in [3.05, 3.63) is 34.6 Å². The molecular weight excluding hydrogens is 241 g/mol. The van der Waals surface area contributed by atoms with Crippen molar-refractivity contribution in [3.8, 4) is 0 Å². The second-order valence-electron chi connectivity index (χ2n) is 4.06. The number of benzene rings is 1. The second-order valence-corrected chi connectivity index (χ2v) is 4.47. The van der Waals surface area contributed by atoms with Crippen LogP contribution in [0.5, 0.6) is 0 Å². The van der Waals surface area contributed by atoms with Gasteiger partial charge < -0.3 is 5.32 Å². The van der Waals surface area contributed by atoms with E-state index in [9.17, 15) is 9.18 Å². The van der Waals surface area contributed by atoms with Crippen LogP contribution in [0.15, 0.2) is 18.2 Å². The lowest BCUT2D eigenvalue weighted by Crippen LogP contribution is -2.27. The minimum absolute atomic E-state index is 0.0205. The average molecular weight is 258 g/mol. The molecule has 0 heterocycles. The van der Waals surface area contributed by atoms with Crippen LogP contribution in [-0.2, 0) is 11.2 Å². The van der Waals surface area contributed by atoms with Gasteiger partial charge in [-0.3, -0.25) is 4.79 Å². The van der Waals surface area contributed by atoms with Gasteiger partial charge in [-0.25, -0.2) is 4.39 Å². The first-order chi connectivity index (χ1) is 8.06. The van der Waals surface area contributed by atoms with Crippen molar-refractivity contribution in [2.45, 2.75) is 20.3 Å². The SMILES string of the molecule is CCNCC(C)C(=O)Cc1cccc(Cl)c1F. The molecule has 1 aromatic carbocycles. The summed E-state index contributed by atoms with van der Waals surface area (Å²) < 4.78 is 13.6. The number of rotatable bonds is 6. The summed E-state index contributed by atoms with van der Waals surface area (Å²) in [6.45, 7) is 5.27. The fraction of sp³-hybridized carbons (Fsp3) is 0.462. The molecular formula is C13H17ClFNO. The first-order valence-corrected chi connectivity index (χ1v) is 6.10. The molecule has 0 saturated carbocycles. The molecule has 1 aromatic rings. The monoisotopic (exact) mass is 257 g/mol. The quantitative estimate of drug-likeness (QED) is 0.849. The lowest BCUT2D eigenvalue weighted by atomic mass is 9.99. The zero-order chi connectivity index (χ0) is 12.8. The van der Waals surface area contributed by atoms with Crippen LogP contribution >= 0.6 is 11.6 Å². The zero-order valence-corrected chi connectivity index (χ0v) is 10.9. The van der Waals surface area contributed by atoms with E-state index in [1.165, 1.54) is 6.07 Å². The van der Waals surface area contributed by atoms with E-state index in [0.717, 1.165) is 6.54 Å². The van der Waals surface area contributed by atoms with Gasteiger partial charge >= 0.3 is 0 Å². The van der Waals surface area contributed by atoms with Crippen LogP contribution in [-0.4, -0.2) is 18.9 Å². The molecule has 1 N–H and O–H groups in total. The molecule has 1 rings (SSSR count). The van der Waals surface area contributed by atoms with Crippen molar-refractivity contribution in [1.29, 1.82) is 0 Å². The number of carbonyl (C=O) groups excluding carboxylic acids is 1.